The molecule has 2 aromatic rings. The summed E-state index contributed by atoms with van der Waals surface area (Å²) in [6, 6.07) is 8.57. The van der Waals surface area contributed by atoms with Crippen LogP contribution in [0, 0.1) is 0 Å². The first-order chi connectivity index (χ1) is 10.6. The largest absolute Gasteiger partial charge is 0.465 e. The highest BCUT2D eigenvalue weighted by molar-refractivity contribution is 6.01. The molecule has 0 bridgehead atoms. The van der Waals surface area contributed by atoms with Crippen molar-refractivity contribution in [1.82, 2.24) is 10.9 Å². The van der Waals surface area contributed by atoms with Crippen molar-refractivity contribution in [2.75, 3.05) is 12.4 Å². The van der Waals surface area contributed by atoms with Gasteiger partial charge in [-0.2, -0.15) is 0 Å². The first-order valence-electron chi connectivity index (χ1n) is 6.20. The Morgan fingerprint density at radius 1 is 1.05 bits per heavy atom. The number of para-hydroxylation sites is 1. The maximum absolute atomic E-state index is 11.7. The van der Waals surface area contributed by atoms with E-state index >= 15 is 0 Å². The van der Waals surface area contributed by atoms with E-state index in [2.05, 4.69) is 20.9 Å². The summed E-state index contributed by atoms with van der Waals surface area (Å²) < 4.78 is 9.48. The van der Waals surface area contributed by atoms with Gasteiger partial charge in [0.25, 0.3) is 0 Å². The summed E-state index contributed by atoms with van der Waals surface area (Å²) in [4.78, 5) is 34.9. The summed E-state index contributed by atoms with van der Waals surface area (Å²) in [7, 11) is 1.24. The van der Waals surface area contributed by atoms with Crippen molar-refractivity contribution >= 4 is 23.6 Å². The number of urea groups is 1. The standard InChI is InChI=1S/C14H13N3O5/c1-21-13(19)9-5-2-3-6-10(9)15-14(20)17-16-12(18)11-7-4-8-22-11/h2-8H,1H3,(H,16,18)(H2,15,17,20). The number of ether oxygens (including phenoxy) is 1. The fourth-order valence-electron chi connectivity index (χ4n) is 1.62. The molecule has 0 spiro atoms. The van der Waals surface area contributed by atoms with Gasteiger partial charge in [-0.1, -0.05) is 12.1 Å². The Morgan fingerprint density at radius 2 is 1.82 bits per heavy atom. The van der Waals surface area contributed by atoms with Crippen LogP contribution in [-0.4, -0.2) is 25.0 Å². The van der Waals surface area contributed by atoms with Crippen molar-refractivity contribution in [2.45, 2.75) is 0 Å². The molecule has 0 fully saturated rings. The Hall–Kier alpha value is -3.29. The second-order valence-corrected chi connectivity index (χ2v) is 4.05. The highest BCUT2D eigenvalue weighted by atomic mass is 16.5. The molecule has 0 saturated heterocycles. The number of hydrazine groups is 1. The van der Waals surface area contributed by atoms with Gasteiger partial charge >= 0.3 is 17.9 Å². The zero-order valence-electron chi connectivity index (χ0n) is 11.6. The molecule has 114 valence electrons. The van der Waals surface area contributed by atoms with Crippen LogP contribution in [0.15, 0.2) is 47.1 Å². The molecule has 1 heterocycles. The van der Waals surface area contributed by atoms with Crippen molar-refractivity contribution in [3.05, 3.63) is 54.0 Å². The Morgan fingerprint density at radius 3 is 2.50 bits per heavy atom. The zero-order chi connectivity index (χ0) is 15.9. The lowest BCUT2D eigenvalue weighted by molar-refractivity contribution is 0.0601. The third kappa shape index (κ3) is 3.63. The van der Waals surface area contributed by atoms with E-state index in [1.165, 1.54) is 31.6 Å². The highest BCUT2D eigenvalue weighted by Gasteiger charge is 2.14. The number of esters is 1. The normalized spacial score (nSPS) is 9.68. The predicted octanol–water partition coefficient (Wildman–Crippen LogP) is 1.53. The van der Waals surface area contributed by atoms with E-state index in [-0.39, 0.29) is 17.0 Å². The summed E-state index contributed by atoms with van der Waals surface area (Å²) in [6.45, 7) is 0. The van der Waals surface area contributed by atoms with Gasteiger partial charge in [-0.05, 0) is 24.3 Å². The lowest BCUT2D eigenvalue weighted by Crippen LogP contribution is -2.44. The number of rotatable bonds is 3. The minimum absolute atomic E-state index is 0.0512. The molecular formula is C14H13N3O5. The molecule has 0 aliphatic carbocycles. The SMILES string of the molecule is COC(=O)c1ccccc1NC(=O)NNC(=O)c1ccco1. The van der Waals surface area contributed by atoms with Gasteiger partial charge in [0, 0.05) is 0 Å². The number of hydrogen-bond acceptors (Lipinski definition) is 5. The fourth-order valence-corrected chi connectivity index (χ4v) is 1.62. The Kier molecular flexibility index (Phi) is 4.76. The van der Waals surface area contributed by atoms with E-state index in [1.807, 2.05) is 0 Å². The summed E-state index contributed by atoms with van der Waals surface area (Å²) in [5.41, 5.74) is 4.74. The van der Waals surface area contributed by atoms with Gasteiger partial charge in [-0.15, -0.1) is 0 Å². The van der Waals surface area contributed by atoms with Gasteiger partial charge in [0.1, 0.15) is 0 Å². The smallest absolute Gasteiger partial charge is 0.339 e. The van der Waals surface area contributed by atoms with E-state index in [1.54, 1.807) is 18.2 Å². The number of furan rings is 1. The number of carbonyl (C=O) groups is 3. The second kappa shape index (κ2) is 6.93. The molecule has 1 aromatic carbocycles. The van der Waals surface area contributed by atoms with Gasteiger partial charge in [-0.3, -0.25) is 10.2 Å². The summed E-state index contributed by atoms with van der Waals surface area (Å²) in [5, 5.41) is 2.43. The van der Waals surface area contributed by atoms with E-state index in [0.29, 0.717) is 0 Å². The maximum atomic E-state index is 11.7. The highest BCUT2D eigenvalue weighted by Crippen LogP contribution is 2.15. The van der Waals surface area contributed by atoms with E-state index in [9.17, 15) is 14.4 Å². The molecule has 0 radical (unpaired) electrons. The zero-order valence-corrected chi connectivity index (χ0v) is 11.6. The fraction of sp³-hybridized carbons (Fsp3) is 0.0714. The lowest BCUT2D eigenvalue weighted by Gasteiger charge is -2.10. The van der Waals surface area contributed by atoms with Crippen LogP contribution in [0.1, 0.15) is 20.9 Å². The van der Waals surface area contributed by atoms with Crippen molar-refractivity contribution in [2.24, 2.45) is 0 Å². The molecule has 8 heteroatoms. The first-order valence-corrected chi connectivity index (χ1v) is 6.20. The van der Waals surface area contributed by atoms with Crippen molar-refractivity contribution < 1.29 is 23.5 Å². The molecule has 8 nitrogen and oxygen atoms in total. The quantitative estimate of drug-likeness (QED) is 0.588. The van der Waals surface area contributed by atoms with Crippen LogP contribution >= 0.6 is 0 Å². The van der Waals surface area contributed by atoms with E-state index in [4.69, 9.17) is 4.42 Å². The monoisotopic (exact) mass is 303 g/mol. The number of benzene rings is 1. The molecule has 0 aliphatic rings. The van der Waals surface area contributed by atoms with Crippen LogP contribution in [0.25, 0.3) is 0 Å². The molecule has 0 unspecified atom stereocenters. The van der Waals surface area contributed by atoms with Crippen LogP contribution < -0.4 is 16.2 Å². The first kappa shape index (κ1) is 15.1. The molecule has 3 N–H and O–H groups in total. The van der Waals surface area contributed by atoms with Crippen LogP contribution in [0.2, 0.25) is 0 Å². The Bertz CT molecular complexity index is 682. The minimum atomic E-state index is -0.726. The van der Waals surface area contributed by atoms with Crippen LogP contribution in [0.5, 0.6) is 0 Å². The number of methoxy groups -OCH3 is 1. The number of nitrogens with one attached hydrogen (secondary N) is 3. The Labute approximate surface area is 125 Å². The van der Waals surface area contributed by atoms with Crippen LogP contribution in [0.4, 0.5) is 10.5 Å². The summed E-state index contributed by atoms with van der Waals surface area (Å²) in [5.74, 6) is -1.15. The van der Waals surface area contributed by atoms with Gasteiger partial charge in [0.2, 0.25) is 0 Å². The molecule has 22 heavy (non-hydrogen) atoms. The average molecular weight is 303 g/mol. The average Bonchev–Trinajstić information content (AvgIpc) is 3.07. The number of hydrogen-bond donors (Lipinski definition) is 3. The second-order valence-electron chi connectivity index (χ2n) is 4.05. The predicted molar refractivity (Wildman–Crippen MR) is 76.1 cm³/mol. The van der Waals surface area contributed by atoms with Crippen molar-refractivity contribution in [1.29, 1.82) is 0 Å². The molecule has 0 saturated carbocycles. The minimum Gasteiger partial charge on any atom is -0.465 e. The molecule has 0 atom stereocenters. The van der Waals surface area contributed by atoms with Crippen LogP contribution in [0.3, 0.4) is 0 Å². The summed E-state index contributed by atoms with van der Waals surface area (Å²) >= 11 is 0. The number of amides is 3. The third-order valence-corrected chi connectivity index (χ3v) is 2.62. The molecular weight excluding hydrogens is 290 g/mol. The number of carbonyl (C=O) groups excluding carboxylic acids is 3. The van der Waals surface area contributed by atoms with Gasteiger partial charge in [0.15, 0.2) is 5.76 Å². The molecule has 0 aliphatic heterocycles. The van der Waals surface area contributed by atoms with Crippen molar-refractivity contribution in [3.63, 3.8) is 0 Å². The van der Waals surface area contributed by atoms with Crippen molar-refractivity contribution in [3.8, 4) is 0 Å². The molecule has 1 aromatic heterocycles. The maximum Gasteiger partial charge on any atom is 0.339 e. The topological polar surface area (TPSA) is 110 Å². The molecule has 2 rings (SSSR count). The van der Waals surface area contributed by atoms with E-state index < -0.39 is 17.9 Å². The third-order valence-electron chi connectivity index (χ3n) is 2.62. The lowest BCUT2D eigenvalue weighted by atomic mass is 10.2. The Balaban J connectivity index is 1.95. The van der Waals surface area contributed by atoms with Crippen LogP contribution in [-0.2, 0) is 4.74 Å². The number of anilines is 1. The van der Waals surface area contributed by atoms with E-state index in [0.717, 1.165) is 0 Å². The summed E-state index contributed by atoms with van der Waals surface area (Å²) in [6.07, 6.45) is 1.33. The van der Waals surface area contributed by atoms with Gasteiger partial charge in [0.05, 0.1) is 24.6 Å². The van der Waals surface area contributed by atoms with Gasteiger partial charge in [-0.25, -0.2) is 15.0 Å². The van der Waals surface area contributed by atoms with Gasteiger partial charge < -0.3 is 14.5 Å². The molecule has 3 amide bonds.